The average molecular weight is 155 g/mol. The lowest BCUT2D eigenvalue weighted by Gasteiger charge is -0.413. The molecule has 0 bridgehead atoms. The molecule has 0 saturated carbocycles. The molecule has 0 unspecified atom stereocenters. The summed E-state index contributed by atoms with van der Waals surface area (Å²) in [6.07, 6.45) is 0. The van der Waals surface area contributed by atoms with Crippen LogP contribution < -0.4 is 0 Å². The molecule has 0 aliphatic heterocycles. The van der Waals surface area contributed by atoms with Gasteiger partial charge in [0.2, 0.25) is 0 Å². The van der Waals surface area contributed by atoms with Crippen LogP contribution in [0.1, 0.15) is 0 Å². The Balaban J connectivity index is 0. The molecule has 8 heteroatoms. The van der Waals surface area contributed by atoms with E-state index in [0.29, 0.717) is 0 Å². The first-order valence-corrected chi connectivity index (χ1v) is 0. The molecule has 0 rings (SSSR count). The Kier molecular flexibility index (Phi) is 3790000. The van der Waals surface area contributed by atoms with Gasteiger partial charge in [0.25, 0.3) is 0 Å². The van der Waals surface area contributed by atoms with Gasteiger partial charge in [-0.25, -0.2) is 0 Å². The van der Waals surface area contributed by atoms with E-state index in [1.54, 1.807) is 0 Å². The molecule has 14 N–H and O–H groups in total. The third kappa shape index (κ3) is 2710. The van der Waals surface area contributed by atoms with Crippen molar-refractivity contribution in [1.29, 1.82) is 0 Å². The van der Waals surface area contributed by atoms with Crippen molar-refractivity contribution in [3.63, 3.8) is 0 Å². The maximum absolute atomic E-state index is 0. The van der Waals surface area contributed by atoms with Crippen molar-refractivity contribution < 1.29 is 38.3 Å². The van der Waals surface area contributed by atoms with Crippen LogP contribution in [0.5, 0.6) is 0 Å². The second kappa shape index (κ2) is 4450. The fourth-order valence-corrected chi connectivity index (χ4v) is 0. The first-order chi connectivity index (χ1) is 0. The van der Waals surface area contributed by atoms with Crippen LogP contribution in [0, 0.1) is 0 Å². The Morgan fingerprint density at radius 3 is 0.250 bits per heavy atom. The zero-order valence-electron chi connectivity index (χ0n) is 4.50. The zero-order chi connectivity index (χ0) is 0. The van der Waals surface area contributed by atoms with E-state index in [1.807, 2.05) is 0 Å². The third-order valence-electron chi connectivity index (χ3n) is 0. The first-order valence-electron chi connectivity index (χ1n) is 0. The van der Waals surface area contributed by atoms with E-state index in [2.05, 4.69) is 0 Å². The molecular weight excluding hydrogens is 139 g/mol. The van der Waals surface area contributed by atoms with E-state index in [-0.39, 0.29) is 55.7 Å². The Bertz CT molecular complexity index is 4.35. The predicted molar refractivity (Wildman–Crippen MR) is 33.8 cm³/mol. The standard InChI is InChI=1S/Al.7H2O.2H/h;7*1H2;;. The Hall–Kier alpha value is 0.252. The minimum Gasteiger partial charge on any atom is -0.412 e. The molecule has 8 heavy (non-hydrogen) atoms. The maximum atomic E-state index is 0. The first kappa shape index (κ1) is 6810. The lowest BCUT2D eigenvalue weighted by atomic mass is 16.0. The maximum Gasteiger partial charge on any atom is 0.146 e. The van der Waals surface area contributed by atoms with Crippen LogP contribution in [0.15, 0.2) is 0 Å². The summed E-state index contributed by atoms with van der Waals surface area (Å²) in [6, 6.07) is 0. The molecule has 7 nitrogen and oxygen atoms in total. The number of hydrogen-bond donors (Lipinski definition) is 0. The van der Waals surface area contributed by atoms with Crippen LogP contribution in [-0.4, -0.2) is 55.7 Å². The summed E-state index contributed by atoms with van der Waals surface area (Å²) in [7, 11) is 0. The predicted octanol–water partition coefficient (Wildman–Crippen LogP) is -6.69. The van der Waals surface area contributed by atoms with E-state index in [1.165, 1.54) is 0 Å². The molecule has 0 aromatic heterocycles. The summed E-state index contributed by atoms with van der Waals surface area (Å²) in [5.41, 5.74) is 0. The second-order valence-electron chi connectivity index (χ2n) is 0. The van der Waals surface area contributed by atoms with Crippen LogP contribution in [0.3, 0.4) is 0 Å². The van der Waals surface area contributed by atoms with Crippen molar-refractivity contribution in [1.82, 2.24) is 0 Å². The van der Waals surface area contributed by atoms with Gasteiger partial charge < -0.3 is 38.3 Å². The molecule has 0 saturated heterocycles. The summed E-state index contributed by atoms with van der Waals surface area (Å²) in [4.78, 5) is 0. The SMILES string of the molecule is O.O.O.O.O.O.O.[AlH2]. The van der Waals surface area contributed by atoms with Crippen LogP contribution in [0.2, 0.25) is 0 Å². The summed E-state index contributed by atoms with van der Waals surface area (Å²) in [5, 5.41) is 0. The summed E-state index contributed by atoms with van der Waals surface area (Å²) in [6.45, 7) is 0. The van der Waals surface area contributed by atoms with Gasteiger partial charge in [0.15, 0.2) is 0 Å². The Morgan fingerprint density at radius 1 is 0.250 bits per heavy atom. The van der Waals surface area contributed by atoms with Crippen molar-refractivity contribution >= 4 is 17.4 Å². The molecular formula is H16AlO7. The molecule has 0 heterocycles. The van der Waals surface area contributed by atoms with Crippen LogP contribution in [-0.2, 0) is 0 Å². The van der Waals surface area contributed by atoms with Crippen molar-refractivity contribution in [3.8, 4) is 0 Å². The zero-order valence-corrected chi connectivity index (χ0v) is 6.50. The van der Waals surface area contributed by atoms with Gasteiger partial charge in [-0.3, -0.25) is 0 Å². The van der Waals surface area contributed by atoms with E-state index < -0.39 is 0 Å². The van der Waals surface area contributed by atoms with E-state index in [0.717, 1.165) is 0 Å². The molecule has 0 aliphatic carbocycles. The van der Waals surface area contributed by atoms with Crippen molar-refractivity contribution in [3.05, 3.63) is 0 Å². The Morgan fingerprint density at radius 2 is 0.250 bits per heavy atom. The second-order valence-corrected chi connectivity index (χ2v) is 0. The largest absolute Gasteiger partial charge is 0.412 e. The highest BCUT2D eigenvalue weighted by Gasteiger charge is 0.146. The normalized spacial score (nSPS) is 0. The van der Waals surface area contributed by atoms with Crippen LogP contribution in [0.4, 0.5) is 0 Å². The summed E-state index contributed by atoms with van der Waals surface area (Å²) < 4.78 is 0. The number of rotatable bonds is 0. The number of hydrogen-bond acceptors (Lipinski definition) is 0. The highest BCUT2D eigenvalue weighted by atomic mass is 27.0. The lowest BCUT2D eigenvalue weighted by molar-refractivity contribution is 0.823. The Labute approximate surface area is 56.6 Å². The molecule has 0 aromatic rings. The smallest absolute Gasteiger partial charge is 0.146 e. The molecule has 0 aromatic carbocycles. The fourth-order valence-electron chi connectivity index (χ4n) is 0. The van der Waals surface area contributed by atoms with Crippen LogP contribution in [0.25, 0.3) is 0 Å². The van der Waals surface area contributed by atoms with Gasteiger partial charge in [0.1, 0.15) is 17.4 Å². The topological polar surface area (TPSA) is 220 Å². The minimum absolute atomic E-state index is 0. The van der Waals surface area contributed by atoms with Gasteiger partial charge >= 0.3 is 0 Å². The van der Waals surface area contributed by atoms with Gasteiger partial charge in [0, 0.05) is 0 Å². The molecule has 0 amide bonds. The summed E-state index contributed by atoms with van der Waals surface area (Å²) in [5.74, 6) is 0. The van der Waals surface area contributed by atoms with Gasteiger partial charge in [-0.05, 0) is 0 Å². The quantitative estimate of drug-likeness (QED) is 0.297. The third-order valence-corrected chi connectivity index (χ3v) is 0. The molecule has 0 aliphatic rings. The highest BCUT2D eigenvalue weighted by Crippen LogP contribution is -0.283. The van der Waals surface area contributed by atoms with Crippen molar-refractivity contribution in [2.75, 3.05) is 0 Å². The lowest BCUT2D eigenvalue weighted by Crippen LogP contribution is -0.381. The monoisotopic (exact) mass is 155 g/mol. The van der Waals surface area contributed by atoms with Gasteiger partial charge in [-0.1, -0.05) is 0 Å². The van der Waals surface area contributed by atoms with E-state index >= 15 is 0 Å². The highest BCUT2D eigenvalue weighted by molar-refractivity contribution is 5.75. The molecule has 0 spiro atoms. The van der Waals surface area contributed by atoms with Gasteiger partial charge in [-0.15, -0.1) is 0 Å². The van der Waals surface area contributed by atoms with Crippen LogP contribution >= 0.6 is 0 Å². The minimum atomic E-state index is 0. The molecule has 0 atom stereocenters. The van der Waals surface area contributed by atoms with Crippen molar-refractivity contribution in [2.45, 2.75) is 0 Å². The average Bonchev–Trinajstić information content (AvgIpc) is 0. The van der Waals surface area contributed by atoms with E-state index in [9.17, 15) is 0 Å². The molecule has 1 radical (unpaired) electrons. The summed E-state index contributed by atoms with van der Waals surface area (Å²) >= 11 is 0. The van der Waals surface area contributed by atoms with Gasteiger partial charge in [-0.2, -0.15) is 0 Å². The fraction of sp³-hybridized carbons (Fsp3) is 0. The van der Waals surface area contributed by atoms with Gasteiger partial charge in [0.05, 0.1) is 0 Å². The molecule has 61 valence electrons. The molecule has 0 fully saturated rings. The van der Waals surface area contributed by atoms with E-state index in [4.69, 9.17) is 0 Å². The van der Waals surface area contributed by atoms with Crippen molar-refractivity contribution in [2.24, 2.45) is 0 Å².